The second kappa shape index (κ2) is 7.01. The van der Waals surface area contributed by atoms with Crippen LogP contribution in [0.1, 0.15) is 22.6 Å². The summed E-state index contributed by atoms with van der Waals surface area (Å²) >= 11 is 0. The normalized spacial score (nSPS) is 11.9. The molecule has 2 aromatic carbocycles. The molecule has 3 rings (SSSR count). The van der Waals surface area contributed by atoms with Crippen LogP contribution in [0.5, 0.6) is 0 Å². The molecule has 26 heavy (non-hydrogen) atoms. The van der Waals surface area contributed by atoms with Gasteiger partial charge in [-0.2, -0.15) is 9.29 Å². The van der Waals surface area contributed by atoms with Crippen molar-refractivity contribution < 1.29 is 12.9 Å². The number of nitrogens with zero attached hydrogens (tertiary/aromatic N) is 3. The molecule has 3 aromatic rings. The number of benzene rings is 2. The zero-order valence-electron chi connectivity index (χ0n) is 15.2. The van der Waals surface area contributed by atoms with E-state index >= 15 is 0 Å². The molecular weight excluding hydrogens is 350 g/mol. The van der Waals surface area contributed by atoms with Crippen molar-refractivity contribution in [3.8, 4) is 11.4 Å². The van der Waals surface area contributed by atoms with Crippen molar-refractivity contribution in [2.24, 2.45) is 0 Å². The molecule has 0 aliphatic heterocycles. The molecule has 0 N–H and O–H groups in total. The van der Waals surface area contributed by atoms with E-state index in [0.717, 1.165) is 16.7 Å². The first-order valence-corrected chi connectivity index (χ1v) is 9.65. The summed E-state index contributed by atoms with van der Waals surface area (Å²) in [7, 11) is -2.14. The third-order valence-electron chi connectivity index (χ3n) is 4.24. The SMILES string of the molecule is Cc1ccc(C)c(S(=O)(=O)N(C)Cc2nc(-c3ccccc3C)no2)c1. The summed E-state index contributed by atoms with van der Waals surface area (Å²) in [5.74, 6) is 0.704. The van der Waals surface area contributed by atoms with Gasteiger partial charge in [-0.15, -0.1) is 0 Å². The van der Waals surface area contributed by atoms with Crippen LogP contribution in [0.25, 0.3) is 11.4 Å². The van der Waals surface area contributed by atoms with E-state index in [-0.39, 0.29) is 12.4 Å². The van der Waals surface area contributed by atoms with Gasteiger partial charge in [-0.25, -0.2) is 8.42 Å². The van der Waals surface area contributed by atoms with E-state index in [1.165, 1.54) is 11.4 Å². The van der Waals surface area contributed by atoms with E-state index in [2.05, 4.69) is 10.1 Å². The Bertz CT molecular complexity index is 1040. The summed E-state index contributed by atoms with van der Waals surface area (Å²) in [6, 6.07) is 13.1. The summed E-state index contributed by atoms with van der Waals surface area (Å²) in [6.07, 6.45) is 0. The van der Waals surface area contributed by atoms with Gasteiger partial charge in [0.1, 0.15) is 0 Å². The number of aryl methyl sites for hydroxylation is 3. The zero-order valence-corrected chi connectivity index (χ0v) is 16.0. The Morgan fingerprint density at radius 3 is 2.50 bits per heavy atom. The van der Waals surface area contributed by atoms with Crippen molar-refractivity contribution in [3.05, 3.63) is 65.0 Å². The molecule has 1 aromatic heterocycles. The lowest BCUT2D eigenvalue weighted by atomic mass is 10.1. The van der Waals surface area contributed by atoms with Gasteiger partial charge in [-0.1, -0.05) is 41.6 Å². The van der Waals surface area contributed by atoms with Crippen molar-refractivity contribution in [3.63, 3.8) is 0 Å². The maximum absolute atomic E-state index is 12.9. The smallest absolute Gasteiger partial charge is 0.243 e. The Hall–Kier alpha value is -2.51. The lowest BCUT2D eigenvalue weighted by molar-refractivity contribution is 0.336. The number of aromatic nitrogens is 2. The van der Waals surface area contributed by atoms with Gasteiger partial charge < -0.3 is 4.52 Å². The molecule has 0 aliphatic rings. The molecule has 136 valence electrons. The minimum Gasteiger partial charge on any atom is -0.338 e. The highest BCUT2D eigenvalue weighted by atomic mass is 32.2. The lowest BCUT2D eigenvalue weighted by Gasteiger charge is -2.17. The molecule has 0 unspecified atom stereocenters. The molecule has 0 bridgehead atoms. The molecule has 0 spiro atoms. The summed E-state index contributed by atoms with van der Waals surface area (Å²) < 4.78 is 32.2. The minimum atomic E-state index is -3.65. The molecule has 7 heteroatoms. The summed E-state index contributed by atoms with van der Waals surface area (Å²) in [4.78, 5) is 4.63. The molecule has 0 atom stereocenters. The van der Waals surface area contributed by atoms with E-state index < -0.39 is 10.0 Å². The highest BCUT2D eigenvalue weighted by molar-refractivity contribution is 7.89. The van der Waals surface area contributed by atoms with Gasteiger partial charge in [0.2, 0.25) is 21.7 Å². The summed E-state index contributed by atoms with van der Waals surface area (Å²) in [5.41, 5.74) is 3.48. The van der Waals surface area contributed by atoms with Gasteiger partial charge in [0, 0.05) is 12.6 Å². The number of hydrogen-bond donors (Lipinski definition) is 0. The van der Waals surface area contributed by atoms with E-state index in [9.17, 15) is 8.42 Å². The van der Waals surface area contributed by atoms with Crippen LogP contribution in [-0.2, 0) is 16.6 Å². The van der Waals surface area contributed by atoms with Crippen LogP contribution in [0.3, 0.4) is 0 Å². The van der Waals surface area contributed by atoms with Crippen LogP contribution in [0.4, 0.5) is 0 Å². The highest BCUT2D eigenvalue weighted by Crippen LogP contribution is 2.23. The number of hydrogen-bond acceptors (Lipinski definition) is 5. The molecule has 0 saturated carbocycles. The number of rotatable bonds is 5. The van der Waals surface area contributed by atoms with Gasteiger partial charge in [0.05, 0.1) is 11.4 Å². The van der Waals surface area contributed by atoms with Crippen molar-refractivity contribution >= 4 is 10.0 Å². The summed E-state index contributed by atoms with van der Waals surface area (Å²) in [5, 5.41) is 3.98. The van der Waals surface area contributed by atoms with E-state index in [0.29, 0.717) is 16.3 Å². The van der Waals surface area contributed by atoms with Gasteiger partial charge in [-0.05, 0) is 43.5 Å². The second-order valence-electron chi connectivity index (χ2n) is 6.36. The van der Waals surface area contributed by atoms with Crippen LogP contribution in [0.2, 0.25) is 0 Å². The second-order valence-corrected chi connectivity index (χ2v) is 8.37. The molecular formula is C19H21N3O3S. The van der Waals surface area contributed by atoms with E-state index in [1.54, 1.807) is 19.1 Å². The first-order chi connectivity index (χ1) is 12.3. The van der Waals surface area contributed by atoms with Crippen molar-refractivity contribution in [2.45, 2.75) is 32.2 Å². The predicted molar refractivity (Wildman–Crippen MR) is 99.0 cm³/mol. The molecule has 1 heterocycles. The van der Waals surface area contributed by atoms with Crippen LogP contribution in [-0.4, -0.2) is 29.9 Å². The molecule has 6 nitrogen and oxygen atoms in total. The Morgan fingerprint density at radius 1 is 1.04 bits per heavy atom. The van der Waals surface area contributed by atoms with Crippen molar-refractivity contribution in [1.29, 1.82) is 0 Å². The first kappa shape index (κ1) is 18.3. The third kappa shape index (κ3) is 3.54. The van der Waals surface area contributed by atoms with Crippen LogP contribution in [0.15, 0.2) is 51.9 Å². The van der Waals surface area contributed by atoms with Crippen LogP contribution < -0.4 is 0 Å². The maximum atomic E-state index is 12.9. The predicted octanol–water partition coefficient (Wildman–Crippen LogP) is 3.48. The maximum Gasteiger partial charge on any atom is 0.243 e. The monoisotopic (exact) mass is 371 g/mol. The first-order valence-electron chi connectivity index (χ1n) is 8.21. The average molecular weight is 371 g/mol. The largest absolute Gasteiger partial charge is 0.338 e. The van der Waals surface area contributed by atoms with Crippen LogP contribution in [0, 0.1) is 20.8 Å². The molecule has 0 aliphatic carbocycles. The van der Waals surface area contributed by atoms with Gasteiger partial charge in [0.15, 0.2) is 0 Å². The third-order valence-corrected chi connectivity index (χ3v) is 6.19. The molecule has 0 radical (unpaired) electrons. The quantitative estimate of drug-likeness (QED) is 0.686. The number of sulfonamides is 1. The Balaban J connectivity index is 1.85. The Labute approximate surface area is 153 Å². The van der Waals surface area contributed by atoms with E-state index in [1.807, 2.05) is 44.2 Å². The van der Waals surface area contributed by atoms with Crippen LogP contribution >= 0.6 is 0 Å². The molecule has 0 saturated heterocycles. The fourth-order valence-corrected chi connectivity index (χ4v) is 4.11. The average Bonchev–Trinajstić information content (AvgIpc) is 3.05. The fourth-order valence-electron chi connectivity index (χ4n) is 2.68. The Kier molecular flexibility index (Phi) is 4.93. The van der Waals surface area contributed by atoms with Gasteiger partial charge in [0.25, 0.3) is 0 Å². The standard InChI is InChI=1S/C19H21N3O3S/c1-13-9-10-15(3)17(11-13)26(23,24)22(4)12-18-20-19(21-25-18)16-8-6-5-7-14(16)2/h5-11H,12H2,1-4H3. The highest BCUT2D eigenvalue weighted by Gasteiger charge is 2.25. The zero-order chi connectivity index (χ0) is 18.9. The van der Waals surface area contributed by atoms with Gasteiger partial charge in [-0.3, -0.25) is 0 Å². The summed E-state index contributed by atoms with van der Waals surface area (Å²) in [6.45, 7) is 5.62. The van der Waals surface area contributed by atoms with Gasteiger partial charge >= 0.3 is 0 Å². The van der Waals surface area contributed by atoms with Crippen molar-refractivity contribution in [2.75, 3.05) is 7.05 Å². The topological polar surface area (TPSA) is 76.3 Å². The van der Waals surface area contributed by atoms with Crippen molar-refractivity contribution in [1.82, 2.24) is 14.4 Å². The Morgan fingerprint density at radius 2 is 1.77 bits per heavy atom. The molecule has 0 amide bonds. The lowest BCUT2D eigenvalue weighted by Crippen LogP contribution is -2.27. The molecule has 0 fully saturated rings. The van der Waals surface area contributed by atoms with E-state index in [4.69, 9.17) is 4.52 Å². The minimum absolute atomic E-state index is 0.00853. The fraction of sp³-hybridized carbons (Fsp3) is 0.263.